The molecule has 0 bridgehead atoms. The second-order valence-electron chi connectivity index (χ2n) is 5.21. The predicted molar refractivity (Wildman–Crippen MR) is 78.4 cm³/mol. The Balaban J connectivity index is 1.70. The third-order valence-electron chi connectivity index (χ3n) is 3.71. The van der Waals surface area contributed by atoms with Crippen molar-refractivity contribution in [3.05, 3.63) is 16.1 Å². The van der Waals surface area contributed by atoms with Crippen LogP contribution in [0.4, 0.5) is 0 Å². The van der Waals surface area contributed by atoms with Crippen molar-refractivity contribution in [2.24, 2.45) is 11.7 Å². The number of hydrogen-bond donors (Lipinski definition) is 2. The first-order valence-corrected chi connectivity index (χ1v) is 8.10. The van der Waals surface area contributed by atoms with Gasteiger partial charge in [0.2, 0.25) is 0 Å². The number of rotatable bonds is 6. The lowest BCUT2D eigenvalue weighted by Crippen LogP contribution is -2.26. The number of carbonyl (C=O) groups excluding carboxylic acids is 1. The van der Waals surface area contributed by atoms with Crippen molar-refractivity contribution in [2.75, 3.05) is 13.1 Å². The molecule has 1 saturated carbocycles. The summed E-state index contributed by atoms with van der Waals surface area (Å²) in [5.74, 6) is 0.757. The molecule has 106 valence electrons. The molecule has 5 heteroatoms. The lowest BCUT2D eigenvalue weighted by atomic mass is 9.87. The van der Waals surface area contributed by atoms with Gasteiger partial charge in [0.05, 0.1) is 5.01 Å². The summed E-state index contributed by atoms with van der Waals surface area (Å²) < 4.78 is 0. The molecule has 0 aliphatic heterocycles. The van der Waals surface area contributed by atoms with Crippen LogP contribution in [0.1, 0.15) is 54.0 Å². The van der Waals surface area contributed by atoms with E-state index in [0.29, 0.717) is 12.2 Å². The predicted octanol–water partition coefficient (Wildman–Crippen LogP) is 2.34. The normalized spacial score (nSPS) is 16.5. The molecule has 0 spiro atoms. The summed E-state index contributed by atoms with van der Waals surface area (Å²) in [6.45, 7) is 1.35. The molecule has 1 aromatic rings. The Labute approximate surface area is 118 Å². The monoisotopic (exact) mass is 281 g/mol. The molecule has 0 radical (unpaired) electrons. The van der Waals surface area contributed by atoms with Crippen LogP contribution in [0.3, 0.4) is 0 Å². The number of aromatic nitrogens is 1. The first-order chi connectivity index (χ1) is 9.29. The molecule has 1 aliphatic rings. The lowest BCUT2D eigenvalue weighted by Gasteiger charge is -2.21. The van der Waals surface area contributed by atoms with Gasteiger partial charge in [-0.3, -0.25) is 4.79 Å². The van der Waals surface area contributed by atoms with Crippen LogP contribution in [0.15, 0.2) is 5.38 Å². The summed E-state index contributed by atoms with van der Waals surface area (Å²) in [6.07, 6.45) is 8.60. The van der Waals surface area contributed by atoms with Crippen LogP contribution in [0.5, 0.6) is 0 Å². The van der Waals surface area contributed by atoms with E-state index in [9.17, 15) is 4.79 Å². The van der Waals surface area contributed by atoms with Gasteiger partial charge >= 0.3 is 0 Å². The van der Waals surface area contributed by atoms with Crippen molar-refractivity contribution in [1.29, 1.82) is 0 Å². The minimum atomic E-state index is -0.0460. The van der Waals surface area contributed by atoms with Crippen molar-refractivity contribution in [3.63, 3.8) is 0 Å². The molecule has 0 aromatic carbocycles. The second-order valence-corrected chi connectivity index (χ2v) is 6.16. The zero-order valence-corrected chi connectivity index (χ0v) is 12.2. The van der Waals surface area contributed by atoms with Crippen LogP contribution in [0.2, 0.25) is 0 Å². The first kappa shape index (κ1) is 14.5. The molecule has 1 aromatic heterocycles. The van der Waals surface area contributed by atoms with Crippen molar-refractivity contribution in [2.45, 2.75) is 44.9 Å². The maximum absolute atomic E-state index is 11.9. The lowest BCUT2D eigenvalue weighted by molar-refractivity contribution is 0.0946. The first-order valence-electron chi connectivity index (χ1n) is 7.22. The molecule has 4 nitrogen and oxygen atoms in total. The van der Waals surface area contributed by atoms with Crippen LogP contribution < -0.4 is 11.1 Å². The summed E-state index contributed by atoms with van der Waals surface area (Å²) in [4.78, 5) is 16.2. The smallest absolute Gasteiger partial charge is 0.270 e. The molecule has 3 N–H and O–H groups in total. The van der Waals surface area contributed by atoms with Crippen molar-refractivity contribution in [1.82, 2.24) is 10.3 Å². The van der Waals surface area contributed by atoms with Gasteiger partial charge in [-0.25, -0.2) is 4.98 Å². The van der Waals surface area contributed by atoms with E-state index >= 15 is 0 Å². The summed E-state index contributed by atoms with van der Waals surface area (Å²) >= 11 is 1.51. The Morgan fingerprint density at radius 2 is 2.21 bits per heavy atom. The summed E-state index contributed by atoms with van der Waals surface area (Å²) in [5, 5.41) is 5.74. The van der Waals surface area contributed by atoms with Gasteiger partial charge < -0.3 is 11.1 Å². The number of nitrogens with zero attached hydrogens (tertiary/aromatic N) is 1. The fraction of sp³-hybridized carbons (Fsp3) is 0.714. The maximum atomic E-state index is 11.9. The molecule has 2 rings (SSSR count). The molecule has 1 fully saturated rings. The highest BCUT2D eigenvalue weighted by Gasteiger charge is 2.14. The van der Waals surface area contributed by atoms with Gasteiger partial charge in [0.1, 0.15) is 5.69 Å². The van der Waals surface area contributed by atoms with Gasteiger partial charge in [0.15, 0.2) is 0 Å². The number of nitrogens with one attached hydrogen (secondary N) is 1. The topological polar surface area (TPSA) is 68.0 Å². The Kier molecular flexibility index (Phi) is 5.79. The van der Waals surface area contributed by atoms with E-state index in [1.165, 1.54) is 43.4 Å². The number of amides is 1. The number of hydrogen-bond acceptors (Lipinski definition) is 4. The standard InChI is InChI=1S/C14H23N3OS/c15-8-6-13-17-12(10-19-13)14(18)16-9-7-11-4-2-1-3-5-11/h10-11H,1-9,15H2,(H,16,18). The minimum Gasteiger partial charge on any atom is -0.351 e. The van der Waals surface area contributed by atoms with Crippen LogP contribution in [0.25, 0.3) is 0 Å². The second kappa shape index (κ2) is 7.60. The van der Waals surface area contributed by atoms with E-state index in [1.807, 2.05) is 5.38 Å². The van der Waals surface area contributed by atoms with E-state index in [-0.39, 0.29) is 5.91 Å². The quantitative estimate of drug-likeness (QED) is 0.841. The van der Waals surface area contributed by atoms with Crippen LogP contribution >= 0.6 is 11.3 Å². The Morgan fingerprint density at radius 3 is 2.95 bits per heavy atom. The van der Waals surface area contributed by atoms with Crippen LogP contribution in [0, 0.1) is 5.92 Å². The zero-order valence-electron chi connectivity index (χ0n) is 11.4. The largest absolute Gasteiger partial charge is 0.351 e. The van der Waals surface area contributed by atoms with Gasteiger partial charge in [0.25, 0.3) is 5.91 Å². The van der Waals surface area contributed by atoms with Crippen LogP contribution in [-0.4, -0.2) is 24.0 Å². The number of thiazole rings is 1. The minimum absolute atomic E-state index is 0.0460. The third-order valence-corrected chi connectivity index (χ3v) is 4.61. The Hall–Kier alpha value is -0.940. The average Bonchev–Trinajstić information content (AvgIpc) is 2.89. The molecule has 0 saturated heterocycles. The van der Waals surface area contributed by atoms with Gasteiger partial charge in [-0.05, 0) is 18.9 Å². The molecule has 0 unspecified atom stereocenters. The van der Waals surface area contributed by atoms with E-state index in [0.717, 1.165) is 30.3 Å². The fourth-order valence-corrected chi connectivity index (χ4v) is 3.40. The third kappa shape index (κ3) is 4.58. The molecule has 19 heavy (non-hydrogen) atoms. The zero-order chi connectivity index (χ0) is 13.5. The van der Waals surface area contributed by atoms with Gasteiger partial charge in [-0.2, -0.15) is 0 Å². The summed E-state index contributed by atoms with van der Waals surface area (Å²) in [5.41, 5.74) is 6.01. The highest BCUT2D eigenvalue weighted by Crippen LogP contribution is 2.25. The SMILES string of the molecule is NCCc1nc(C(=O)NCCC2CCCCC2)cs1. The highest BCUT2D eigenvalue weighted by atomic mass is 32.1. The van der Waals surface area contributed by atoms with E-state index in [4.69, 9.17) is 5.73 Å². The van der Waals surface area contributed by atoms with Gasteiger partial charge in [-0.1, -0.05) is 32.1 Å². The number of carbonyl (C=O) groups is 1. The fourth-order valence-electron chi connectivity index (χ4n) is 2.61. The van der Waals surface area contributed by atoms with Gasteiger partial charge in [-0.15, -0.1) is 11.3 Å². The van der Waals surface area contributed by atoms with E-state index in [1.54, 1.807) is 0 Å². The van der Waals surface area contributed by atoms with Crippen molar-refractivity contribution >= 4 is 17.2 Å². The molecular weight excluding hydrogens is 258 g/mol. The van der Waals surface area contributed by atoms with Crippen LogP contribution in [-0.2, 0) is 6.42 Å². The average molecular weight is 281 g/mol. The van der Waals surface area contributed by atoms with E-state index in [2.05, 4.69) is 10.3 Å². The Morgan fingerprint density at radius 1 is 1.42 bits per heavy atom. The maximum Gasteiger partial charge on any atom is 0.270 e. The number of nitrogens with two attached hydrogens (primary N) is 1. The van der Waals surface area contributed by atoms with Crippen molar-refractivity contribution in [3.8, 4) is 0 Å². The molecule has 1 aliphatic carbocycles. The van der Waals surface area contributed by atoms with E-state index < -0.39 is 0 Å². The highest BCUT2D eigenvalue weighted by molar-refractivity contribution is 7.09. The van der Waals surface area contributed by atoms with Gasteiger partial charge in [0, 0.05) is 18.3 Å². The van der Waals surface area contributed by atoms with Crippen molar-refractivity contribution < 1.29 is 4.79 Å². The summed E-state index contributed by atoms with van der Waals surface area (Å²) in [7, 11) is 0. The molecular formula is C14H23N3OS. The molecule has 0 atom stereocenters. The molecule has 1 heterocycles. The summed E-state index contributed by atoms with van der Waals surface area (Å²) in [6, 6.07) is 0. The Bertz CT molecular complexity index is 399. The molecule has 1 amide bonds.